The Hall–Kier alpha value is -3.55. The number of benzene rings is 2. The molecule has 2 aromatic carbocycles. The van der Waals surface area contributed by atoms with Gasteiger partial charge in [-0.3, -0.25) is 9.59 Å². The number of Topliss-reactive ketones (excluding diaryl/α,β-unsaturated/α-hetero) is 1. The summed E-state index contributed by atoms with van der Waals surface area (Å²) < 4.78 is 6.83. The lowest BCUT2D eigenvalue weighted by molar-refractivity contribution is -0.114. The Morgan fingerprint density at radius 2 is 1.78 bits per heavy atom. The predicted octanol–water partition coefficient (Wildman–Crippen LogP) is 2.45. The van der Waals surface area contributed by atoms with E-state index in [0.717, 1.165) is 5.52 Å². The SMILES string of the molecule is CCn1nnc2cc(C(=O)OCC(=O)c3ccc(NC(C)=O)cc3)ccc21. The highest BCUT2D eigenvalue weighted by molar-refractivity contribution is 6.00. The molecule has 3 rings (SSSR count). The number of hydrogen-bond acceptors (Lipinski definition) is 6. The monoisotopic (exact) mass is 366 g/mol. The number of ether oxygens (including phenoxy) is 1. The number of anilines is 1. The zero-order chi connectivity index (χ0) is 19.4. The number of aromatic nitrogens is 3. The number of amides is 1. The summed E-state index contributed by atoms with van der Waals surface area (Å²) >= 11 is 0. The highest BCUT2D eigenvalue weighted by Crippen LogP contribution is 2.15. The van der Waals surface area contributed by atoms with Crippen molar-refractivity contribution in [2.75, 3.05) is 11.9 Å². The van der Waals surface area contributed by atoms with Crippen molar-refractivity contribution in [2.45, 2.75) is 20.4 Å². The van der Waals surface area contributed by atoms with Crippen LogP contribution in [-0.2, 0) is 16.1 Å². The van der Waals surface area contributed by atoms with Gasteiger partial charge in [0.25, 0.3) is 0 Å². The van der Waals surface area contributed by atoms with Crippen molar-refractivity contribution in [1.29, 1.82) is 0 Å². The minimum atomic E-state index is -0.605. The van der Waals surface area contributed by atoms with Crippen molar-refractivity contribution in [2.24, 2.45) is 0 Å². The molecule has 0 radical (unpaired) electrons. The second-order valence-electron chi connectivity index (χ2n) is 5.87. The second kappa shape index (κ2) is 7.77. The summed E-state index contributed by atoms with van der Waals surface area (Å²) in [5.41, 5.74) is 2.69. The largest absolute Gasteiger partial charge is 0.454 e. The molecule has 1 N–H and O–H groups in total. The number of rotatable bonds is 6. The Bertz CT molecular complexity index is 1010. The van der Waals surface area contributed by atoms with Gasteiger partial charge in [-0.25, -0.2) is 9.48 Å². The molecule has 0 spiro atoms. The molecule has 0 aliphatic carbocycles. The molecule has 0 saturated carbocycles. The van der Waals surface area contributed by atoms with Crippen LogP contribution in [0.5, 0.6) is 0 Å². The van der Waals surface area contributed by atoms with Crippen LogP contribution in [-0.4, -0.2) is 39.3 Å². The average molecular weight is 366 g/mol. The summed E-state index contributed by atoms with van der Waals surface area (Å²) in [6.07, 6.45) is 0. The zero-order valence-electron chi connectivity index (χ0n) is 14.9. The van der Waals surface area contributed by atoms with E-state index in [4.69, 9.17) is 4.74 Å². The van der Waals surface area contributed by atoms with Crippen molar-refractivity contribution in [3.63, 3.8) is 0 Å². The normalized spacial score (nSPS) is 10.6. The van der Waals surface area contributed by atoms with E-state index in [1.807, 2.05) is 6.92 Å². The van der Waals surface area contributed by atoms with E-state index in [2.05, 4.69) is 15.6 Å². The Morgan fingerprint density at radius 3 is 2.44 bits per heavy atom. The van der Waals surface area contributed by atoms with Gasteiger partial charge in [0.05, 0.1) is 11.1 Å². The molecule has 0 aliphatic rings. The van der Waals surface area contributed by atoms with Crippen LogP contribution in [0.25, 0.3) is 11.0 Å². The molecule has 1 heterocycles. The van der Waals surface area contributed by atoms with Crippen LogP contribution in [0.2, 0.25) is 0 Å². The van der Waals surface area contributed by atoms with E-state index in [1.54, 1.807) is 47.1 Å². The Morgan fingerprint density at radius 1 is 1.07 bits per heavy atom. The highest BCUT2D eigenvalue weighted by Gasteiger charge is 2.14. The van der Waals surface area contributed by atoms with Crippen LogP contribution in [0.15, 0.2) is 42.5 Å². The molecule has 8 nitrogen and oxygen atoms in total. The van der Waals surface area contributed by atoms with Gasteiger partial charge >= 0.3 is 5.97 Å². The molecule has 1 aromatic heterocycles. The van der Waals surface area contributed by atoms with Crippen molar-refractivity contribution >= 4 is 34.4 Å². The van der Waals surface area contributed by atoms with Crippen LogP contribution in [0.1, 0.15) is 34.6 Å². The summed E-state index contributed by atoms with van der Waals surface area (Å²) in [4.78, 5) is 35.4. The molecule has 27 heavy (non-hydrogen) atoms. The van der Waals surface area contributed by atoms with Crippen LogP contribution in [0.3, 0.4) is 0 Å². The minimum absolute atomic E-state index is 0.195. The maximum Gasteiger partial charge on any atom is 0.338 e. The standard InChI is InChI=1S/C19H18N4O4/c1-3-23-17-9-6-14(10-16(17)21-22-23)19(26)27-11-18(25)13-4-7-15(8-5-13)20-12(2)24/h4-10H,3,11H2,1-2H3,(H,20,24). The molecule has 0 saturated heterocycles. The van der Waals surface area contributed by atoms with Gasteiger partial charge in [0.2, 0.25) is 5.91 Å². The number of esters is 1. The lowest BCUT2D eigenvalue weighted by atomic mass is 10.1. The van der Waals surface area contributed by atoms with Gasteiger partial charge in [-0.2, -0.15) is 0 Å². The number of hydrogen-bond donors (Lipinski definition) is 1. The maximum absolute atomic E-state index is 12.2. The third-order valence-electron chi connectivity index (χ3n) is 3.91. The first-order valence-electron chi connectivity index (χ1n) is 8.39. The molecule has 0 fully saturated rings. The summed E-state index contributed by atoms with van der Waals surface area (Å²) in [6.45, 7) is 3.65. The molecule has 0 aliphatic heterocycles. The topological polar surface area (TPSA) is 103 Å². The summed E-state index contributed by atoms with van der Waals surface area (Å²) in [6, 6.07) is 11.3. The van der Waals surface area contributed by atoms with E-state index >= 15 is 0 Å². The van der Waals surface area contributed by atoms with Crippen molar-refractivity contribution in [1.82, 2.24) is 15.0 Å². The van der Waals surface area contributed by atoms with E-state index in [0.29, 0.717) is 28.9 Å². The predicted molar refractivity (Wildman–Crippen MR) is 98.6 cm³/mol. The number of carbonyl (C=O) groups excluding carboxylic acids is 3. The molecular weight excluding hydrogens is 348 g/mol. The maximum atomic E-state index is 12.2. The van der Waals surface area contributed by atoms with Crippen LogP contribution in [0, 0.1) is 0 Å². The number of ketones is 1. The lowest BCUT2D eigenvalue weighted by Gasteiger charge is -2.06. The van der Waals surface area contributed by atoms with Gasteiger partial charge in [-0.05, 0) is 49.4 Å². The molecule has 3 aromatic rings. The van der Waals surface area contributed by atoms with Crippen molar-refractivity contribution < 1.29 is 19.1 Å². The zero-order valence-corrected chi connectivity index (χ0v) is 14.9. The molecule has 0 atom stereocenters. The van der Waals surface area contributed by atoms with E-state index in [1.165, 1.54) is 6.92 Å². The third-order valence-corrected chi connectivity index (χ3v) is 3.91. The van der Waals surface area contributed by atoms with Crippen molar-refractivity contribution in [3.05, 3.63) is 53.6 Å². The smallest absolute Gasteiger partial charge is 0.338 e. The number of aryl methyl sites for hydroxylation is 1. The molecule has 138 valence electrons. The molecule has 1 amide bonds. The summed E-state index contributed by atoms with van der Waals surface area (Å²) in [5.74, 6) is -1.14. The first kappa shape index (κ1) is 18.2. The fourth-order valence-electron chi connectivity index (χ4n) is 2.57. The van der Waals surface area contributed by atoms with Crippen LogP contribution in [0.4, 0.5) is 5.69 Å². The van der Waals surface area contributed by atoms with Gasteiger partial charge in [0.15, 0.2) is 12.4 Å². The first-order chi connectivity index (χ1) is 13.0. The third kappa shape index (κ3) is 4.17. The number of nitrogens with one attached hydrogen (secondary N) is 1. The number of carbonyl (C=O) groups is 3. The van der Waals surface area contributed by atoms with Crippen molar-refractivity contribution in [3.8, 4) is 0 Å². The van der Waals surface area contributed by atoms with Gasteiger partial charge in [0.1, 0.15) is 5.52 Å². The molecular formula is C19H18N4O4. The summed E-state index contributed by atoms with van der Waals surface area (Å²) in [7, 11) is 0. The molecule has 8 heteroatoms. The second-order valence-corrected chi connectivity index (χ2v) is 5.87. The Balaban J connectivity index is 1.63. The molecule has 0 unspecified atom stereocenters. The Labute approximate surface area is 155 Å². The molecule has 0 bridgehead atoms. The van der Waals surface area contributed by atoms with Gasteiger partial charge in [-0.15, -0.1) is 5.10 Å². The fraction of sp³-hybridized carbons (Fsp3) is 0.211. The summed E-state index contributed by atoms with van der Waals surface area (Å²) in [5, 5.41) is 10.6. The van der Waals surface area contributed by atoms with Gasteiger partial charge < -0.3 is 10.1 Å². The number of fused-ring (bicyclic) bond motifs is 1. The van der Waals surface area contributed by atoms with E-state index in [9.17, 15) is 14.4 Å². The first-order valence-corrected chi connectivity index (χ1v) is 8.39. The Kier molecular flexibility index (Phi) is 5.25. The lowest BCUT2D eigenvalue weighted by Crippen LogP contribution is -2.14. The quantitative estimate of drug-likeness (QED) is 0.531. The average Bonchev–Trinajstić information content (AvgIpc) is 3.08. The van der Waals surface area contributed by atoms with E-state index < -0.39 is 5.97 Å². The van der Waals surface area contributed by atoms with E-state index in [-0.39, 0.29) is 18.3 Å². The minimum Gasteiger partial charge on any atom is -0.454 e. The van der Waals surface area contributed by atoms with Crippen LogP contribution >= 0.6 is 0 Å². The van der Waals surface area contributed by atoms with Crippen LogP contribution < -0.4 is 5.32 Å². The fourth-order valence-corrected chi connectivity index (χ4v) is 2.57. The van der Waals surface area contributed by atoms with Gasteiger partial charge in [0, 0.05) is 24.7 Å². The highest BCUT2D eigenvalue weighted by atomic mass is 16.5. The van der Waals surface area contributed by atoms with Gasteiger partial charge in [-0.1, -0.05) is 5.21 Å². The number of nitrogens with zero attached hydrogens (tertiary/aromatic N) is 3.